The first-order valence-corrected chi connectivity index (χ1v) is 12.9. The second-order valence-corrected chi connectivity index (χ2v) is 10.2. The van der Waals surface area contributed by atoms with Crippen molar-refractivity contribution in [3.05, 3.63) is 23.8 Å². The molecule has 0 aromatic heterocycles. The SMILES string of the molecule is CCC(=O)Nc1ccc2c(c1)OC[C@@H](C)N(CC1CCCCC1)C[C@H](C)[C@H](OC)CN(C)C2=O. The van der Waals surface area contributed by atoms with Gasteiger partial charge in [0.15, 0.2) is 0 Å². The van der Waals surface area contributed by atoms with E-state index < -0.39 is 0 Å². The first-order valence-electron chi connectivity index (χ1n) is 12.9. The van der Waals surface area contributed by atoms with Crippen LogP contribution >= 0.6 is 0 Å². The van der Waals surface area contributed by atoms with E-state index in [4.69, 9.17) is 9.47 Å². The number of hydrogen-bond acceptors (Lipinski definition) is 5. The lowest BCUT2D eigenvalue weighted by Gasteiger charge is -2.38. The minimum atomic E-state index is -0.107. The van der Waals surface area contributed by atoms with Gasteiger partial charge in [0, 0.05) is 58.0 Å². The Morgan fingerprint density at radius 2 is 1.91 bits per heavy atom. The number of nitrogens with zero attached hydrogens (tertiary/aromatic N) is 2. The van der Waals surface area contributed by atoms with Crippen LogP contribution in [0.2, 0.25) is 0 Å². The number of fused-ring (bicyclic) bond motifs is 1. The number of hydrogen-bond donors (Lipinski definition) is 1. The fourth-order valence-corrected chi connectivity index (χ4v) is 5.13. The van der Waals surface area contributed by atoms with Gasteiger partial charge in [0.25, 0.3) is 5.91 Å². The Morgan fingerprint density at radius 3 is 2.59 bits per heavy atom. The molecule has 1 aliphatic heterocycles. The van der Waals surface area contributed by atoms with E-state index in [9.17, 15) is 9.59 Å². The maximum absolute atomic E-state index is 13.3. The molecule has 0 unspecified atom stereocenters. The van der Waals surface area contributed by atoms with E-state index in [0.29, 0.717) is 36.6 Å². The van der Waals surface area contributed by atoms with Crippen LogP contribution in [0.3, 0.4) is 0 Å². The van der Waals surface area contributed by atoms with Crippen molar-refractivity contribution in [1.82, 2.24) is 9.80 Å². The van der Waals surface area contributed by atoms with E-state index in [1.165, 1.54) is 32.1 Å². The van der Waals surface area contributed by atoms with E-state index in [-0.39, 0.29) is 29.9 Å². The summed E-state index contributed by atoms with van der Waals surface area (Å²) < 4.78 is 12.1. The smallest absolute Gasteiger partial charge is 0.257 e. The van der Waals surface area contributed by atoms with Crippen LogP contribution in [0.15, 0.2) is 18.2 Å². The average molecular weight is 474 g/mol. The second kappa shape index (κ2) is 12.5. The second-order valence-electron chi connectivity index (χ2n) is 10.2. The molecule has 1 fully saturated rings. The predicted octanol–water partition coefficient (Wildman–Crippen LogP) is 4.42. The van der Waals surface area contributed by atoms with E-state index >= 15 is 0 Å². The number of ether oxygens (including phenoxy) is 2. The maximum atomic E-state index is 13.3. The molecule has 0 spiro atoms. The lowest BCUT2D eigenvalue weighted by atomic mass is 9.88. The number of nitrogens with one attached hydrogen (secondary N) is 1. The number of likely N-dealkylation sites (N-methyl/N-ethyl adjacent to an activating group) is 1. The van der Waals surface area contributed by atoms with Crippen molar-refractivity contribution in [1.29, 1.82) is 0 Å². The third-order valence-corrected chi connectivity index (χ3v) is 7.40. The zero-order valence-corrected chi connectivity index (χ0v) is 21.6. The molecule has 1 aromatic rings. The molecule has 0 bridgehead atoms. The zero-order chi connectivity index (χ0) is 24.7. The molecule has 1 N–H and O–H groups in total. The van der Waals surface area contributed by atoms with Gasteiger partial charge < -0.3 is 19.7 Å². The Labute approximate surface area is 205 Å². The highest BCUT2D eigenvalue weighted by Crippen LogP contribution is 2.29. The van der Waals surface area contributed by atoms with Gasteiger partial charge in [0.2, 0.25) is 5.91 Å². The molecule has 34 heavy (non-hydrogen) atoms. The van der Waals surface area contributed by atoms with Crippen molar-refractivity contribution in [2.24, 2.45) is 11.8 Å². The zero-order valence-electron chi connectivity index (χ0n) is 21.6. The lowest BCUT2D eigenvalue weighted by Crippen LogP contribution is -2.48. The van der Waals surface area contributed by atoms with Gasteiger partial charge in [-0.1, -0.05) is 33.1 Å². The van der Waals surface area contributed by atoms with E-state index in [1.807, 2.05) is 14.0 Å². The summed E-state index contributed by atoms with van der Waals surface area (Å²) >= 11 is 0. The Hall–Kier alpha value is -2.12. The van der Waals surface area contributed by atoms with Gasteiger partial charge in [-0.15, -0.1) is 0 Å². The van der Waals surface area contributed by atoms with Crippen LogP contribution in [0.5, 0.6) is 5.75 Å². The molecule has 1 heterocycles. The van der Waals surface area contributed by atoms with Gasteiger partial charge >= 0.3 is 0 Å². The third-order valence-electron chi connectivity index (χ3n) is 7.40. The Morgan fingerprint density at radius 1 is 1.18 bits per heavy atom. The van der Waals surface area contributed by atoms with E-state index in [2.05, 4.69) is 24.1 Å². The van der Waals surface area contributed by atoms with Crippen molar-refractivity contribution < 1.29 is 19.1 Å². The highest BCUT2D eigenvalue weighted by molar-refractivity contribution is 5.98. The van der Waals surface area contributed by atoms with Crippen molar-refractivity contribution >= 4 is 17.5 Å². The normalized spacial score (nSPS) is 25.6. The number of methoxy groups -OCH3 is 1. The summed E-state index contributed by atoms with van der Waals surface area (Å²) in [6, 6.07) is 5.48. The lowest BCUT2D eigenvalue weighted by molar-refractivity contribution is -0.115. The summed E-state index contributed by atoms with van der Waals surface area (Å²) in [7, 11) is 3.55. The van der Waals surface area contributed by atoms with Gasteiger partial charge in [-0.2, -0.15) is 0 Å². The molecule has 1 aromatic carbocycles. The highest BCUT2D eigenvalue weighted by Gasteiger charge is 2.29. The van der Waals surface area contributed by atoms with Crippen LogP contribution in [-0.4, -0.2) is 74.2 Å². The number of anilines is 1. The summed E-state index contributed by atoms with van der Waals surface area (Å²) in [4.78, 5) is 29.5. The molecule has 7 nitrogen and oxygen atoms in total. The minimum Gasteiger partial charge on any atom is -0.491 e. The molecular formula is C27H43N3O4. The number of amides is 2. The Bertz CT molecular complexity index is 824. The topological polar surface area (TPSA) is 71.1 Å². The average Bonchev–Trinajstić information content (AvgIpc) is 2.84. The summed E-state index contributed by atoms with van der Waals surface area (Å²) in [6.45, 7) is 9.20. The first kappa shape index (κ1) is 26.5. The molecule has 0 saturated heterocycles. The van der Waals surface area contributed by atoms with Crippen molar-refractivity contribution in [3.8, 4) is 5.75 Å². The van der Waals surface area contributed by atoms with Crippen molar-refractivity contribution in [2.45, 2.75) is 71.4 Å². The fraction of sp³-hybridized carbons (Fsp3) is 0.704. The van der Waals surface area contributed by atoms with Gasteiger partial charge in [0.05, 0.1) is 11.7 Å². The van der Waals surface area contributed by atoms with Crippen LogP contribution < -0.4 is 10.1 Å². The first-order chi connectivity index (χ1) is 16.3. The molecule has 3 atom stereocenters. The molecule has 2 amide bonds. The van der Waals surface area contributed by atoms with Crippen LogP contribution in [-0.2, 0) is 9.53 Å². The molecule has 1 aliphatic carbocycles. The van der Waals surface area contributed by atoms with Crippen LogP contribution in [0.1, 0.15) is 69.7 Å². The van der Waals surface area contributed by atoms with Gasteiger partial charge in [-0.25, -0.2) is 0 Å². The van der Waals surface area contributed by atoms with Crippen molar-refractivity contribution in [3.63, 3.8) is 0 Å². The van der Waals surface area contributed by atoms with E-state index in [0.717, 1.165) is 19.0 Å². The van der Waals surface area contributed by atoms with Crippen molar-refractivity contribution in [2.75, 3.05) is 45.7 Å². The molecule has 7 heteroatoms. The fourth-order valence-electron chi connectivity index (χ4n) is 5.13. The number of carbonyl (C=O) groups excluding carboxylic acids is 2. The molecule has 0 radical (unpaired) electrons. The summed E-state index contributed by atoms with van der Waals surface area (Å²) in [5.41, 5.74) is 1.15. The molecule has 1 saturated carbocycles. The summed E-state index contributed by atoms with van der Waals surface area (Å²) in [6.07, 6.45) is 6.94. The van der Waals surface area contributed by atoms with E-state index in [1.54, 1.807) is 30.2 Å². The third kappa shape index (κ3) is 6.95. The van der Waals surface area contributed by atoms with Gasteiger partial charge in [-0.05, 0) is 43.7 Å². The van der Waals surface area contributed by atoms with Gasteiger partial charge in [-0.3, -0.25) is 14.5 Å². The predicted molar refractivity (Wildman–Crippen MR) is 135 cm³/mol. The molecule has 190 valence electrons. The quantitative estimate of drug-likeness (QED) is 0.685. The number of carbonyl (C=O) groups is 2. The van der Waals surface area contributed by atoms with Crippen LogP contribution in [0.25, 0.3) is 0 Å². The highest BCUT2D eigenvalue weighted by atomic mass is 16.5. The van der Waals surface area contributed by atoms with Gasteiger partial charge in [0.1, 0.15) is 12.4 Å². The minimum absolute atomic E-state index is 0.0538. The Balaban J connectivity index is 1.89. The molecular weight excluding hydrogens is 430 g/mol. The van der Waals surface area contributed by atoms with Crippen LogP contribution in [0.4, 0.5) is 5.69 Å². The number of rotatable bonds is 5. The summed E-state index contributed by atoms with van der Waals surface area (Å²) in [5, 5.41) is 2.88. The summed E-state index contributed by atoms with van der Waals surface area (Å²) in [5.74, 6) is 1.34. The van der Waals surface area contributed by atoms with Crippen LogP contribution in [0, 0.1) is 11.8 Å². The monoisotopic (exact) mass is 473 g/mol. The number of benzene rings is 1. The Kier molecular flexibility index (Phi) is 9.77. The standard InChI is InChI=1S/C27H43N3O4/c1-6-26(31)28-22-12-13-23-24(14-22)34-18-20(3)30(16-21-10-8-7-9-11-21)15-19(2)25(33-5)17-29(4)27(23)32/h12-14,19-21,25H,6-11,15-18H2,1-5H3,(H,28,31)/t19-,20+,25+/m0/s1. The molecule has 3 rings (SSSR count). The largest absolute Gasteiger partial charge is 0.491 e. The molecule has 2 aliphatic rings. The maximum Gasteiger partial charge on any atom is 0.257 e.